The van der Waals surface area contributed by atoms with Gasteiger partial charge in [0.2, 0.25) is 0 Å². The molecule has 3 heterocycles. The van der Waals surface area contributed by atoms with Crippen LogP contribution in [0.3, 0.4) is 0 Å². The summed E-state index contributed by atoms with van der Waals surface area (Å²) in [4.78, 5) is 17.1. The van der Waals surface area contributed by atoms with Crippen molar-refractivity contribution in [2.24, 2.45) is 0 Å². The largest absolute Gasteiger partial charge is 0.464 e. The lowest BCUT2D eigenvalue weighted by molar-refractivity contribution is -0.146. The molecule has 1 aliphatic heterocycles. The van der Waals surface area contributed by atoms with Crippen LogP contribution in [-0.2, 0) is 22.5 Å². The molecule has 142 valence electrons. The molecule has 4 rings (SSSR count). The van der Waals surface area contributed by atoms with Crippen LogP contribution >= 0.6 is 27.5 Å². The number of carbonyl (C=O) groups is 1. The van der Waals surface area contributed by atoms with Crippen molar-refractivity contribution >= 4 is 44.4 Å². The number of imidazole rings is 1. The summed E-state index contributed by atoms with van der Waals surface area (Å²) in [6, 6.07) is 1.01. The fraction of sp³-hybridized carbons (Fsp3) is 0.389. The number of hydrogen-bond acceptors (Lipinski definition) is 4. The number of alkyl halides is 1. The lowest BCUT2D eigenvalue weighted by atomic mass is 10.1. The molecule has 3 aromatic rings. The topological polar surface area (TPSA) is 61.9 Å². The van der Waals surface area contributed by atoms with Gasteiger partial charge in [0, 0.05) is 28.2 Å². The van der Waals surface area contributed by atoms with Crippen molar-refractivity contribution in [1.29, 1.82) is 0 Å². The van der Waals surface area contributed by atoms with Gasteiger partial charge < -0.3 is 9.30 Å². The number of esters is 1. The van der Waals surface area contributed by atoms with Crippen molar-refractivity contribution in [2.75, 3.05) is 6.61 Å². The molecule has 0 N–H and O–H groups in total. The van der Waals surface area contributed by atoms with Gasteiger partial charge in [-0.3, -0.25) is 4.68 Å². The molecular weight excluding hydrogens is 439 g/mol. The number of fused-ring (bicyclic) bond motifs is 2. The highest BCUT2D eigenvalue weighted by Crippen LogP contribution is 2.35. The highest BCUT2D eigenvalue weighted by molar-refractivity contribution is 9.10. The van der Waals surface area contributed by atoms with Gasteiger partial charge in [0.25, 0.3) is 0 Å². The number of nitrogens with zero attached hydrogens (tertiary/aromatic N) is 4. The molecule has 1 aromatic carbocycles. The van der Waals surface area contributed by atoms with E-state index >= 15 is 0 Å². The Balaban J connectivity index is 1.88. The van der Waals surface area contributed by atoms with Gasteiger partial charge in [0.1, 0.15) is 11.7 Å². The first-order chi connectivity index (χ1) is 12.9. The zero-order valence-electron chi connectivity index (χ0n) is 14.7. The first-order valence-electron chi connectivity index (χ1n) is 8.58. The van der Waals surface area contributed by atoms with E-state index in [2.05, 4.69) is 26.0 Å². The third kappa shape index (κ3) is 3.04. The van der Waals surface area contributed by atoms with Crippen molar-refractivity contribution < 1.29 is 13.9 Å². The lowest BCUT2D eigenvalue weighted by Crippen LogP contribution is -2.25. The Hall–Kier alpha value is -1.93. The fourth-order valence-corrected chi connectivity index (χ4v) is 4.23. The molecule has 1 unspecified atom stereocenters. The highest BCUT2D eigenvalue weighted by atomic mass is 79.9. The molecule has 0 radical (unpaired) electrons. The Bertz CT molecular complexity index is 1050. The van der Waals surface area contributed by atoms with Gasteiger partial charge in [0.05, 0.1) is 30.2 Å². The minimum atomic E-state index is -0.978. The maximum atomic E-state index is 13.9. The molecule has 2 aromatic heterocycles. The molecule has 0 fully saturated rings. The Kier molecular flexibility index (Phi) is 4.71. The first-order valence-corrected chi connectivity index (χ1v) is 9.75. The fourth-order valence-electron chi connectivity index (χ4n) is 3.50. The van der Waals surface area contributed by atoms with Crippen LogP contribution in [0.25, 0.3) is 10.9 Å². The van der Waals surface area contributed by atoms with Crippen LogP contribution in [0, 0.1) is 6.92 Å². The lowest BCUT2D eigenvalue weighted by Gasteiger charge is -2.15. The van der Waals surface area contributed by atoms with E-state index in [1.807, 2.05) is 13.0 Å². The van der Waals surface area contributed by atoms with Gasteiger partial charge >= 0.3 is 5.97 Å². The van der Waals surface area contributed by atoms with E-state index < -0.39 is 18.2 Å². The second-order valence-corrected chi connectivity index (χ2v) is 7.78. The maximum absolute atomic E-state index is 13.9. The van der Waals surface area contributed by atoms with E-state index in [0.29, 0.717) is 21.9 Å². The third-order valence-corrected chi connectivity index (χ3v) is 5.98. The number of hydrogen-bond donors (Lipinski definition) is 0. The van der Waals surface area contributed by atoms with E-state index in [-0.39, 0.29) is 19.6 Å². The van der Waals surface area contributed by atoms with E-state index in [4.69, 9.17) is 16.3 Å². The van der Waals surface area contributed by atoms with E-state index in [1.54, 1.807) is 24.0 Å². The summed E-state index contributed by atoms with van der Waals surface area (Å²) in [5.41, 5.74) is 2.71. The SMILES string of the molecule is CCOC(=O)C(c1ncn2c1C[C@@H](F)C2)n1cc2c(C)cc(Br)c(Cl)c2n1. The number of halogens is 3. The maximum Gasteiger partial charge on any atom is 0.337 e. The van der Waals surface area contributed by atoms with Crippen molar-refractivity contribution in [3.05, 3.63) is 45.0 Å². The second kappa shape index (κ2) is 6.91. The molecule has 0 bridgehead atoms. The van der Waals surface area contributed by atoms with Crippen LogP contribution in [0.1, 0.15) is 29.9 Å². The summed E-state index contributed by atoms with van der Waals surface area (Å²) in [5.74, 6) is -0.484. The zero-order valence-corrected chi connectivity index (χ0v) is 17.1. The van der Waals surface area contributed by atoms with E-state index in [9.17, 15) is 9.18 Å². The van der Waals surface area contributed by atoms with Gasteiger partial charge in [-0.15, -0.1) is 0 Å². The molecule has 0 spiro atoms. The molecule has 0 amide bonds. The molecule has 27 heavy (non-hydrogen) atoms. The average molecular weight is 456 g/mol. The van der Waals surface area contributed by atoms with Gasteiger partial charge in [-0.2, -0.15) is 5.10 Å². The smallest absolute Gasteiger partial charge is 0.337 e. The third-order valence-electron chi connectivity index (χ3n) is 4.74. The quantitative estimate of drug-likeness (QED) is 0.558. The van der Waals surface area contributed by atoms with Crippen LogP contribution in [-0.4, -0.2) is 38.1 Å². The Morgan fingerprint density at radius 1 is 1.56 bits per heavy atom. The van der Waals surface area contributed by atoms with Gasteiger partial charge in [0.15, 0.2) is 6.04 Å². The minimum absolute atomic E-state index is 0.220. The second-order valence-electron chi connectivity index (χ2n) is 6.55. The van der Waals surface area contributed by atoms with Crippen molar-refractivity contribution in [1.82, 2.24) is 19.3 Å². The molecule has 1 aliphatic rings. The standard InChI is InChI=1S/C18H17BrClFN4O2/c1-3-27-18(26)17(16-13-5-10(21)6-24(13)8-22-16)25-7-11-9(2)4-12(19)14(20)15(11)23-25/h4,7-8,10,17H,3,5-6H2,1-2H3/t10-,17?/m1/s1. The Morgan fingerprint density at radius 2 is 2.33 bits per heavy atom. The Morgan fingerprint density at radius 3 is 3.07 bits per heavy atom. The molecule has 9 heteroatoms. The normalized spacial score (nSPS) is 17.3. The number of aryl methyl sites for hydroxylation is 1. The predicted molar refractivity (Wildman–Crippen MR) is 103 cm³/mol. The molecule has 6 nitrogen and oxygen atoms in total. The summed E-state index contributed by atoms with van der Waals surface area (Å²) >= 11 is 9.81. The monoisotopic (exact) mass is 454 g/mol. The predicted octanol–water partition coefficient (Wildman–Crippen LogP) is 4.00. The van der Waals surface area contributed by atoms with Crippen LogP contribution in [0.5, 0.6) is 0 Å². The zero-order chi connectivity index (χ0) is 19.3. The minimum Gasteiger partial charge on any atom is -0.464 e. The summed E-state index contributed by atoms with van der Waals surface area (Å²) in [5, 5.41) is 5.85. The van der Waals surface area contributed by atoms with E-state index in [1.165, 1.54) is 4.68 Å². The molecule has 2 atom stereocenters. The molecule has 0 saturated heterocycles. The number of ether oxygens (including phenoxy) is 1. The first kappa shape index (κ1) is 18.4. The number of benzene rings is 1. The van der Waals surface area contributed by atoms with Crippen LogP contribution in [0.15, 0.2) is 23.1 Å². The van der Waals surface area contributed by atoms with E-state index in [0.717, 1.165) is 15.4 Å². The molecule has 0 aliphatic carbocycles. The highest BCUT2D eigenvalue weighted by Gasteiger charge is 2.35. The van der Waals surface area contributed by atoms with Crippen molar-refractivity contribution in [2.45, 2.75) is 39.0 Å². The average Bonchev–Trinajstić information content (AvgIpc) is 3.29. The number of rotatable bonds is 4. The molecular formula is C18H17BrClFN4O2. The van der Waals surface area contributed by atoms with Crippen molar-refractivity contribution in [3.63, 3.8) is 0 Å². The van der Waals surface area contributed by atoms with Crippen LogP contribution in [0.2, 0.25) is 5.02 Å². The summed E-state index contributed by atoms with van der Waals surface area (Å²) in [6.45, 7) is 4.15. The van der Waals surface area contributed by atoms with Gasteiger partial charge in [-0.05, 0) is 41.4 Å². The number of carbonyl (C=O) groups excluding carboxylic acids is 1. The van der Waals surface area contributed by atoms with Crippen molar-refractivity contribution in [3.8, 4) is 0 Å². The summed E-state index contributed by atoms with van der Waals surface area (Å²) < 4.78 is 23.1. The van der Waals surface area contributed by atoms with Gasteiger partial charge in [-0.1, -0.05) is 11.6 Å². The van der Waals surface area contributed by atoms with Gasteiger partial charge in [-0.25, -0.2) is 14.2 Å². The number of aromatic nitrogens is 4. The summed E-state index contributed by atoms with van der Waals surface area (Å²) in [6.07, 6.45) is 2.57. The molecule has 0 saturated carbocycles. The van der Waals surface area contributed by atoms with Crippen LogP contribution in [0.4, 0.5) is 4.39 Å². The summed E-state index contributed by atoms with van der Waals surface area (Å²) in [7, 11) is 0. The Labute approximate surface area is 168 Å². The van der Waals surface area contributed by atoms with Crippen LogP contribution < -0.4 is 0 Å².